The number of urea groups is 1. The summed E-state index contributed by atoms with van der Waals surface area (Å²) in [7, 11) is 1.40. The first kappa shape index (κ1) is 16.7. The smallest absolute Gasteiger partial charge is 0.317 e. The van der Waals surface area contributed by atoms with Gasteiger partial charge in [0.15, 0.2) is 0 Å². The third kappa shape index (κ3) is 7.08. The molecule has 2 amide bonds. The van der Waals surface area contributed by atoms with Crippen LogP contribution in [0.25, 0.3) is 0 Å². The fraction of sp³-hybridized carbons (Fsp3) is 0.818. The van der Waals surface area contributed by atoms with E-state index >= 15 is 0 Å². The lowest BCUT2D eigenvalue weighted by Crippen LogP contribution is -2.45. The van der Waals surface area contributed by atoms with E-state index in [4.69, 9.17) is 14.9 Å². The lowest BCUT2D eigenvalue weighted by Gasteiger charge is -2.23. The normalized spacial score (nSPS) is 11.9. The largest absolute Gasteiger partial charge is 0.481 e. The molecule has 0 spiro atoms. The van der Waals surface area contributed by atoms with E-state index < -0.39 is 12.1 Å². The second kappa shape index (κ2) is 9.67. The highest BCUT2D eigenvalue weighted by Gasteiger charge is 2.16. The molecule has 0 aromatic heterocycles. The van der Waals surface area contributed by atoms with Gasteiger partial charge in [0.2, 0.25) is 0 Å². The molecule has 0 aliphatic heterocycles. The SMILES string of the molecule is CCCN(CCO)C(=O)NCC(CC(=O)O)OC. The highest BCUT2D eigenvalue weighted by Crippen LogP contribution is 1.97. The second-order valence-corrected chi connectivity index (χ2v) is 3.85. The van der Waals surface area contributed by atoms with Crippen LogP contribution in [0.5, 0.6) is 0 Å². The van der Waals surface area contributed by atoms with Gasteiger partial charge < -0.3 is 25.2 Å². The Morgan fingerprint density at radius 1 is 1.39 bits per heavy atom. The van der Waals surface area contributed by atoms with Crippen LogP contribution in [0, 0.1) is 0 Å². The maximum Gasteiger partial charge on any atom is 0.317 e. The Labute approximate surface area is 107 Å². The first-order valence-corrected chi connectivity index (χ1v) is 5.93. The highest BCUT2D eigenvalue weighted by molar-refractivity contribution is 5.74. The number of carboxylic acids is 1. The van der Waals surface area contributed by atoms with Crippen LogP contribution in [0.3, 0.4) is 0 Å². The van der Waals surface area contributed by atoms with Crippen molar-refractivity contribution < 1.29 is 24.5 Å². The molecular formula is C11H22N2O5. The minimum absolute atomic E-state index is 0.101. The van der Waals surface area contributed by atoms with Crippen LogP contribution in [-0.4, -0.2) is 66.6 Å². The van der Waals surface area contributed by atoms with Crippen LogP contribution in [0.1, 0.15) is 19.8 Å². The van der Waals surface area contributed by atoms with Crippen molar-refractivity contribution in [1.82, 2.24) is 10.2 Å². The number of carboxylic acid groups (broad SMARTS) is 1. The van der Waals surface area contributed by atoms with Gasteiger partial charge in [0.05, 0.1) is 19.1 Å². The first-order valence-electron chi connectivity index (χ1n) is 5.93. The van der Waals surface area contributed by atoms with Gasteiger partial charge in [-0.25, -0.2) is 4.79 Å². The summed E-state index contributed by atoms with van der Waals surface area (Å²) in [6, 6.07) is -0.321. The van der Waals surface area contributed by atoms with E-state index in [0.29, 0.717) is 6.54 Å². The number of nitrogens with one attached hydrogen (secondary N) is 1. The van der Waals surface area contributed by atoms with Crippen LogP contribution < -0.4 is 5.32 Å². The van der Waals surface area contributed by atoms with Gasteiger partial charge in [0, 0.05) is 26.7 Å². The summed E-state index contributed by atoms with van der Waals surface area (Å²) in [6.45, 7) is 2.77. The molecule has 7 heteroatoms. The Hall–Kier alpha value is -1.34. The number of carbonyl (C=O) groups excluding carboxylic acids is 1. The molecule has 0 aliphatic rings. The summed E-state index contributed by atoms with van der Waals surface area (Å²) < 4.78 is 4.95. The van der Waals surface area contributed by atoms with E-state index in [-0.39, 0.29) is 32.1 Å². The molecule has 0 saturated heterocycles. The first-order chi connectivity index (χ1) is 8.54. The number of rotatable bonds is 9. The monoisotopic (exact) mass is 262 g/mol. The molecule has 0 radical (unpaired) electrons. The number of hydrogen-bond donors (Lipinski definition) is 3. The number of aliphatic hydroxyl groups excluding tert-OH is 1. The van der Waals surface area contributed by atoms with Gasteiger partial charge in [-0.15, -0.1) is 0 Å². The van der Waals surface area contributed by atoms with Crippen LogP contribution in [0.2, 0.25) is 0 Å². The van der Waals surface area contributed by atoms with Crippen LogP contribution in [0.15, 0.2) is 0 Å². The lowest BCUT2D eigenvalue weighted by molar-refractivity contribution is -0.139. The predicted molar refractivity (Wildman–Crippen MR) is 65.4 cm³/mol. The van der Waals surface area contributed by atoms with E-state index in [9.17, 15) is 9.59 Å². The Morgan fingerprint density at radius 3 is 2.50 bits per heavy atom. The molecule has 0 aromatic carbocycles. The van der Waals surface area contributed by atoms with Gasteiger partial charge in [-0.05, 0) is 6.42 Å². The molecule has 1 atom stereocenters. The summed E-state index contributed by atoms with van der Waals surface area (Å²) in [4.78, 5) is 23.7. The topological polar surface area (TPSA) is 99.1 Å². The summed E-state index contributed by atoms with van der Waals surface area (Å²) in [5.74, 6) is -0.975. The number of aliphatic carboxylic acids is 1. The molecule has 7 nitrogen and oxygen atoms in total. The van der Waals surface area contributed by atoms with E-state index in [1.54, 1.807) is 0 Å². The van der Waals surface area contributed by atoms with Crippen molar-refractivity contribution in [2.24, 2.45) is 0 Å². The standard InChI is InChI=1S/C11H22N2O5/c1-3-4-13(5-6-14)11(17)12-8-9(18-2)7-10(15)16/h9,14H,3-8H2,1-2H3,(H,12,17)(H,15,16). The van der Waals surface area contributed by atoms with Crippen LogP contribution in [0.4, 0.5) is 4.79 Å². The predicted octanol–water partition coefficient (Wildman–Crippen LogP) is -0.110. The number of nitrogens with zero attached hydrogens (tertiary/aromatic N) is 1. The van der Waals surface area contributed by atoms with E-state index in [2.05, 4.69) is 5.32 Å². The summed E-state index contributed by atoms with van der Waals surface area (Å²) in [6.07, 6.45) is 0.0740. The van der Waals surface area contributed by atoms with E-state index in [1.165, 1.54) is 12.0 Å². The molecule has 18 heavy (non-hydrogen) atoms. The maximum absolute atomic E-state index is 11.7. The number of ether oxygens (including phenoxy) is 1. The Kier molecular flexibility index (Phi) is 8.95. The molecule has 0 saturated carbocycles. The molecule has 0 aliphatic carbocycles. The zero-order chi connectivity index (χ0) is 14.0. The zero-order valence-corrected chi connectivity index (χ0v) is 10.9. The highest BCUT2D eigenvalue weighted by atomic mass is 16.5. The Balaban J connectivity index is 4.14. The molecular weight excluding hydrogens is 240 g/mol. The minimum atomic E-state index is -0.975. The van der Waals surface area contributed by atoms with Crippen molar-refractivity contribution in [1.29, 1.82) is 0 Å². The summed E-state index contributed by atoms with van der Waals surface area (Å²) >= 11 is 0. The number of aliphatic hydroxyl groups is 1. The van der Waals surface area contributed by atoms with Gasteiger partial charge in [-0.2, -0.15) is 0 Å². The Bertz CT molecular complexity index is 254. The Morgan fingerprint density at radius 2 is 2.06 bits per heavy atom. The molecule has 0 fully saturated rings. The van der Waals surface area contributed by atoms with Crippen molar-refractivity contribution >= 4 is 12.0 Å². The number of carbonyl (C=O) groups is 2. The lowest BCUT2D eigenvalue weighted by atomic mass is 10.2. The third-order valence-corrected chi connectivity index (χ3v) is 2.37. The van der Waals surface area contributed by atoms with Crippen LogP contribution >= 0.6 is 0 Å². The maximum atomic E-state index is 11.7. The molecule has 0 heterocycles. The molecule has 0 rings (SSSR count). The van der Waals surface area contributed by atoms with Gasteiger partial charge >= 0.3 is 12.0 Å². The quantitative estimate of drug-likeness (QED) is 0.538. The summed E-state index contributed by atoms with van der Waals surface area (Å²) in [5.41, 5.74) is 0. The third-order valence-electron chi connectivity index (χ3n) is 2.37. The average molecular weight is 262 g/mol. The number of hydrogen-bond acceptors (Lipinski definition) is 4. The molecule has 3 N–H and O–H groups in total. The molecule has 0 aromatic rings. The fourth-order valence-corrected chi connectivity index (χ4v) is 1.45. The van der Waals surface area contributed by atoms with E-state index in [0.717, 1.165) is 6.42 Å². The van der Waals surface area contributed by atoms with Crippen molar-refractivity contribution in [3.63, 3.8) is 0 Å². The number of methoxy groups -OCH3 is 1. The van der Waals surface area contributed by atoms with Gasteiger partial charge in [-0.3, -0.25) is 4.79 Å². The second-order valence-electron chi connectivity index (χ2n) is 3.85. The number of amides is 2. The van der Waals surface area contributed by atoms with Gasteiger partial charge in [0.25, 0.3) is 0 Å². The van der Waals surface area contributed by atoms with Crippen molar-refractivity contribution in [3.8, 4) is 0 Å². The molecule has 1 unspecified atom stereocenters. The van der Waals surface area contributed by atoms with Gasteiger partial charge in [0.1, 0.15) is 0 Å². The van der Waals surface area contributed by atoms with Crippen molar-refractivity contribution in [2.45, 2.75) is 25.9 Å². The minimum Gasteiger partial charge on any atom is -0.481 e. The molecule has 0 bridgehead atoms. The molecule has 106 valence electrons. The van der Waals surface area contributed by atoms with E-state index in [1.807, 2.05) is 6.92 Å². The average Bonchev–Trinajstić information content (AvgIpc) is 2.33. The van der Waals surface area contributed by atoms with Crippen LogP contribution in [-0.2, 0) is 9.53 Å². The van der Waals surface area contributed by atoms with Gasteiger partial charge in [-0.1, -0.05) is 6.92 Å². The summed E-state index contributed by atoms with van der Waals surface area (Å²) in [5, 5.41) is 20.0. The van der Waals surface area contributed by atoms with Crippen molar-refractivity contribution in [3.05, 3.63) is 0 Å². The fourth-order valence-electron chi connectivity index (χ4n) is 1.45. The van der Waals surface area contributed by atoms with Crippen molar-refractivity contribution in [2.75, 3.05) is 33.4 Å². The zero-order valence-electron chi connectivity index (χ0n) is 10.9.